The summed E-state index contributed by atoms with van der Waals surface area (Å²) in [7, 11) is 0. The fraction of sp³-hybridized carbons (Fsp3) is 0.533. The Balaban J connectivity index is 1.80. The summed E-state index contributed by atoms with van der Waals surface area (Å²) in [5.74, 6) is 0.229. The van der Waals surface area contributed by atoms with Crippen LogP contribution in [0.5, 0.6) is 0 Å². The van der Waals surface area contributed by atoms with Crippen LogP contribution in [0.25, 0.3) is 0 Å². The molecule has 17 heavy (non-hydrogen) atoms. The third-order valence-electron chi connectivity index (χ3n) is 3.74. The molecule has 0 bridgehead atoms. The maximum absolute atomic E-state index is 9.01. The largest absolute Gasteiger partial charge is 0.312 e. The second-order valence-corrected chi connectivity index (χ2v) is 4.90. The Morgan fingerprint density at radius 2 is 2.18 bits per heavy atom. The zero-order valence-corrected chi connectivity index (χ0v) is 10.4. The first kappa shape index (κ1) is 12.1. The molecule has 2 unspecified atom stereocenters. The van der Waals surface area contributed by atoms with Gasteiger partial charge in [0, 0.05) is 6.04 Å². The summed E-state index contributed by atoms with van der Waals surface area (Å²) in [5, 5.41) is 12.5. The van der Waals surface area contributed by atoms with E-state index in [4.69, 9.17) is 5.26 Å². The first-order chi connectivity index (χ1) is 8.31. The van der Waals surface area contributed by atoms with E-state index >= 15 is 0 Å². The maximum atomic E-state index is 9.01. The maximum Gasteiger partial charge on any atom is 0.0672 e. The molecule has 0 amide bonds. The van der Waals surface area contributed by atoms with E-state index in [0.717, 1.165) is 25.8 Å². The lowest BCUT2D eigenvalue weighted by Crippen LogP contribution is -2.33. The van der Waals surface area contributed by atoms with Gasteiger partial charge in [-0.1, -0.05) is 30.7 Å². The van der Waals surface area contributed by atoms with Crippen molar-refractivity contribution in [2.75, 3.05) is 6.54 Å². The zero-order valence-electron chi connectivity index (χ0n) is 10.4. The molecule has 90 valence electrons. The second kappa shape index (κ2) is 5.84. The van der Waals surface area contributed by atoms with Gasteiger partial charge < -0.3 is 5.32 Å². The van der Waals surface area contributed by atoms with E-state index in [1.807, 2.05) is 0 Å². The highest BCUT2D eigenvalue weighted by atomic mass is 14.9. The van der Waals surface area contributed by atoms with Crippen molar-refractivity contribution < 1.29 is 0 Å². The number of nitriles is 1. The molecule has 1 aromatic rings. The van der Waals surface area contributed by atoms with Crippen molar-refractivity contribution in [1.82, 2.24) is 5.32 Å². The molecule has 2 nitrogen and oxygen atoms in total. The summed E-state index contributed by atoms with van der Waals surface area (Å²) in [4.78, 5) is 0. The highest BCUT2D eigenvalue weighted by molar-refractivity contribution is 5.25. The average molecular weight is 228 g/mol. The van der Waals surface area contributed by atoms with E-state index in [1.165, 1.54) is 17.5 Å². The van der Waals surface area contributed by atoms with Gasteiger partial charge in [0.05, 0.1) is 12.0 Å². The minimum atomic E-state index is 0.229. The molecular formula is C15H20N2. The number of nitrogens with zero attached hydrogens (tertiary/aromatic N) is 1. The Morgan fingerprint density at radius 3 is 2.94 bits per heavy atom. The van der Waals surface area contributed by atoms with Crippen LogP contribution in [0.2, 0.25) is 0 Å². The van der Waals surface area contributed by atoms with E-state index < -0.39 is 0 Å². The molecule has 0 aromatic heterocycles. The smallest absolute Gasteiger partial charge is 0.0672 e. The zero-order chi connectivity index (χ0) is 12.1. The number of hydrogen-bond acceptors (Lipinski definition) is 2. The fourth-order valence-electron chi connectivity index (χ4n) is 2.64. The molecule has 0 aliphatic heterocycles. The molecule has 2 atom stereocenters. The topological polar surface area (TPSA) is 35.8 Å². The summed E-state index contributed by atoms with van der Waals surface area (Å²) in [6, 6.07) is 11.3. The number of nitrogens with one attached hydrogen (secondary N) is 1. The van der Waals surface area contributed by atoms with Crippen molar-refractivity contribution in [2.24, 2.45) is 5.92 Å². The van der Waals surface area contributed by atoms with Crippen LogP contribution in [0.3, 0.4) is 0 Å². The minimum absolute atomic E-state index is 0.229. The Labute approximate surface area is 104 Å². The van der Waals surface area contributed by atoms with Crippen molar-refractivity contribution >= 4 is 0 Å². The number of rotatable bonds is 4. The highest BCUT2D eigenvalue weighted by Crippen LogP contribution is 2.24. The van der Waals surface area contributed by atoms with Gasteiger partial charge in [-0.15, -0.1) is 0 Å². The van der Waals surface area contributed by atoms with Crippen molar-refractivity contribution in [2.45, 2.75) is 38.6 Å². The normalized spacial score (nSPS) is 23.5. The van der Waals surface area contributed by atoms with Crippen LogP contribution < -0.4 is 5.32 Å². The van der Waals surface area contributed by atoms with E-state index in [-0.39, 0.29) is 5.92 Å². The average Bonchev–Trinajstić information content (AvgIpc) is 2.79. The van der Waals surface area contributed by atoms with E-state index in [0.29, 0.717) is 6.04 Å². The van der Waals surface area contributed by atoms with E-state index in [2.05, 4.69) is 42.6 Å². The van der Waals surface area contributed by atoms with Crippen LogP contribution in [0.15, 0.2) is 24.3 Å². The molecule has 1 saturated carbocycles. The lowest BCUT2D eigenvalue weighted by atomic mass is 10.0. The SMILES string of the molecule is Cc1ccccc1CCNC1CCCC1C#N. The van der Waals surface area contributed by atoms with Crippen LogP contribution in [0.4, 0.5) is 0 Å². The molecule has 2 heteroatoms. The first-order valence-corrected chi connectivity index (χ1v) is 6.49. The molecule has 1 N–H and O–H groups in total. The van der Waals surface area contributed by atoms with Crippen molar-refractivity contribution in [3.8, 4) is 6.07 Å². The van der Waals surface area contributed by atoms with E-state index in [9.17, 15) is 0 Å². The Kier molecular flexibility index (Phi) is 4.17. The molecule has 2 rings (SSSR count). The number of aryl methyl sites for hydroxylation is 1. The van der Waals surface area contributed by atoms with Crippen LogP contribution >= 0.6 is 0 Å². The predicted molar refractivity (Wildman–Crippen MR) is 69.6 cm³/mol. The third kappa shape index (κ3) is 3.08. The first-order valence-electron chi connectivity index (χ1n) is 6.49. The van der Waals surface area contributed by atoms with Gasteiger partial charge in [0.15, 0.2) is 0 Å². The summed E-state index contributed by atoms with van der Waals surface area (Å²) in [5.41, 5.74) is 2.77. The van der Waals surface area contributed by atoms with Crippen molar-refractivity contribution in [3.63, 3.8) is 0 Å². The third-order valence-corrected chi connectivity index (χ3v) is 3.74. The molecule has 1 aliphatic rings. The molecule has 0 saturated heterocycles. The minimum Gasteiger partial charge on any atom is -0.312 e. The van der Waals surface area contributed by atoms with Crippen molar-refractivity contribution in [1.29, 1.82) is 5.26 Å². The molecule has 0 spiro atoms. The fourth-order valence-corrected chi connectivity index (χ4v) is 2.64. The lowest BCUT2D eigenvalue weighted by molar-refractivity contribution is 0.468. The van der Waals surface area contributed by atoms with Crippen LogP contribution in [-0.4, -0.2) is 12.6 Å². The molecule has 0 heterocycles. The standard InChI is InChI=1S/C15H20N2/c1-12-5-2-3-6-13(12)9-10-17-15-8-4-7-14(15)11-16/h2-3,5-6,14-15,17H,4,7-10H2,1H3. The van der Waals surface area contributed by atoms with Gasteiger partial charge in [0.1, 0.15) is 0 Å². The van der Waals surface area contributed by atoms with Crippen LogP contribution in [0, 0.1) is 24.2 Å². The Hall–Kier alpha value is -1.33. The summed E-state index contributed by atoms with van der Waals surface area (Å²) in [6.07, 6.45) is 4.48. The van der Waals surface area contributed by atoms with Gasteiger partial charge in [-0.3, -0.25) is 0 Å². The molecule has 1 fully saturated rings. The summed E-state index contributed by atoms with van der Waals surface area (Å²) >= 11 is 0. The van der Waals surface area contributed by atoms with Gasteiger partial charge in [0.25, 0.3) is 0 Å². The molecule has 1 aliphatic carbocycles. The van der Waals surface area contributed by atoms with Crippen LogP contribution in [-0.2, 0) is 6.42 Å². The van der Waals surface area contributed by atoms with E-state index in [1.54, 1.807) is 0 Å². The Bertz CT molecular complexity index is 406. The summed E-state index contributed by atoms with van der Waals surface area (Å²) < 4.78 is 0. The highest BCUT2D eigenvalue weighted by Gasteiger charge is 2.26. The van der Waals surface area contributed by atoms with Gasteiger partial charge >= 0.3 is 0 Å². The second-order valence-electron chi connectivity index (χ2n) is 4.90. The number of benzene rings is 1. The van der Waals surface area contributed by atoms with Crippen LogP contribution in [0.1, 0.15) is 30.4 Å². The van der Waals surface area contributed by atoms with Gasteiger partial charge in [-0.25, -0.2) is 0 Å². The molecule has 0 radical (unpaired) electrons. The van der Waals surface area contributed by atoms with Gasteiger partial charge in [-0.2, -0.15) is 5.26 Å². The van der Waals surface area contributed by atoms with Gasteiger partial charge in [0.2, 0.25) is 0 Å². The number of hydrogen-bond donors (Lipinski definition) is 1. The predicted octanol–water partition coefficient (Wildman–Crippen LogP) is 2.82. The summed E-state index contributed by atoms with van der Waals surface area (Å²) in [6.45, 7) is 3.14. The monoisotopic (exact) mass is 228 g/mol. The molecule has 1 aromatic carbocycles. The van der Waals surface area contributed by atoms with Gasteiger partial charge in [-0.05, 0) is 43.9 Å². The quantitative estimate of drug-likeness (QED) is 0.860. The lowest BCUT2D eigenvalue weighted by Gasteiger charge is -2.15. The molecular weight excluding hydrogens is 208 g/mol. The van der Waals surface area contributed by atoms with Crippen molar-refractivity contribution in [3.05, 3.63) is 35.4 Å². The Morgan fingerprint density at radius 1 is 1.35 bits per heavy atom.